The van der Waals surface area contributed by atoms with Gasteiger partial charge in [0.15, 0.2) is 16.8 Å². The molecule has 3 aliphatic heterocycles. The third-order valence-electron chi connectivity index (χ3n) is 30.1. The van der Waals surface area contributed by atoms with Gasteiger partial charge in [-0.3, -0.25) is 9.59 Å². The highest BCUT2D eigenvalue weighted by Gasteiger charge is 3.18. The largest absolute Gasteiger partial charge is 0.512 e. The molecule has 24 aliphatic rings. The van der Waals surface area contributed by atoms with Crippen molar-refractivity contribution in [1.29, 1.82) is 0 Å². The fraction of sp³-hybridized carbons (Fsp3) is 0.457. The van der Waals surface area contributed by atoms with Gasteiger partial charge in [0.05, 0.1) is 34.8 Å². The first-order chi connectivity index (χ1) is 43.6. The number of allylic oxidation sites excluding steroid dienone is 12. The first kappa shape index (κ1) is 50.0. The van der Waals surface area contributed by atoms with Gasteiger partial charge in [-0.2, -0.15) is 0 Å². The fourth-order valence-corrected chi connectivity index (χ4v) is 29.1. The van der Waals surface area contributed by atoms with Crippen molar-refractivity contribution in [2.24, 2.45) is 71.0 Å². The number of fused-ring (bicyclic) bond motifs is 4. The van der Waals surface area contributed by atoms with E-state index in [1.807, 2.05) is 12.2 Å². The first-order valence-electron chi connectivity index (χ1n) is 31.8. The van der Waals surface area contributed by atoms with Gasteiger partial charge in [-0.05, 0) is 145 Å². The van der Waals surface area contributed by atoms with Crippen molar-refractivity contribution in [2.45, 2.75) is 117 Å². The maximum Gasteiger partial charge on any atom is 0.336 e. The van der Waals surface area contributed by atoms with Crippen molar-refractivity contribution in [3.05, 3.63) is 172 Å². The fourth-order valence-electron chi connectivity index (χ4n) is 29.1. The second kappa shape index (κ2) is 12.4. The number of hydrogen-bond donors (Lipinski definition) is 15. The Balaban J connectivity index is 0.941. The number of aliphatic carboxylic acids is 3. The van der Waals surface area contributed by atoms with Gasteiger partial charge in [-0.25, -0.2) is 9.59 Å². The second-order valence-electron chi connectivity index (χ2n) is 31.3. The second-order valence-corrected chi connectivity index (χ2v) is 31.3. The number of rotatable bonds is 4. The molecular weight excluding hydrogens is 1190 g/mol. The summed E-state index contributed by atoms with van der Waals surface area (Å²) >= 11 is 0. The average Bonchev–Trinajstić information content (AvgIpc) is 1.33. The topological polar surface area (TPSA) is 409 Å². The minimum absolute atomic E-state index is 0.000948. The summed E-state index contributed by atoms with van der Waals surface area (Å²) in [5.74, 6) is -26.7. The lowest BCUT2D eigenvalue weighted by molar-refractivity contribution is -0.433. The molecule has 462 valence electrons. The Hall–Kier alpha value is -7.58. The number of aliphatic hydroxyl groups is 11. The third kappa shape index (κ3) is 3.46. The molecule has 1 aromatic rings. The summed E-state index contributed by atoms with van der Waals surface area (Å²) < 4.78 is 23.3. The van der Waals surface area contributed by atoms with Crippen LogP contribution >= 0.6 is 0 Å². The van der Waals surface area contributed by atoms with Crippen LogP contribution in [0.3, 0.4) is 0 Å². The summed E-state index contributed by atoms with van der Waals surface area (Å²) in [4.78, 5) is 56.0. The number of aromatic carboxylic acids is 1. The minimum atomic E-state index is -3.39. The molecule has 21 aliphatic carbocycles. The van der Waals surface area contributed by atoms with Crippen molar-refractivity contribution in [1.82, 2.24) is 0 Å². The lowest BCUT2D eigenvalue weighted by Gasteiger charge is -2.85. The van der Waals surface area contributed by atoms with E-state index in [1.54, 1.807) is 18.2 Å². The van der Waals surface area contributed by atoms with Crippen LogP contribution in [0.1, 0.15) is 65.6 Å². The Bertz CT molecular complexity index is 5150. The number of ether oxygens (including phenoxy) is 3. The van der Waals surface area contributed by atoms with Crippen LogP contribution in [-0.2, 0) is 34.2 Å². The van der Waals surface area contributed by atoms with Gasteiger partial charge in [0.1, 0.15) is 67.4 Å². The Morgan fingerprint density at radius 2 is 1.51 bits per heavy atom. The zero-order valence-corrected chi connectivity index (χ0v) is 47.6. The number of benzene rings is 1. The molecule has 9 saturated carbocycles. The Morgan fingerprint density at radius 3 is 2.26 bits per heavy atom. The lowest BCUT2D eigenvalue weighted by Crippen LogP contribution is -3.03. The first-order valence-corrected chi connectivity index (χ1v) is 31.8. The van der Waals surface area contributed by atoms with Gasteiger partial charge in [-0.15, -0.1) is 0 Å². The molecule has 0 aromatic heterocycles. The molecule has 0 amide bonds. The van der Waals surface area contributed by atoms with Gasteiger partial charge in [0.2, 0.25) is 0 Å². The number of aliphatic hydroxyl groups excluding tert-OH is 3. The Kier molecular flexibility index (Phi) is 6.76. The maximum absolute atomic E-state index is 16.3. The summed E-state index contributed by atoms with van der Waals surface area (Å²) in [7, 11) is 0. The summed E-state index contributed by atoms with van der Waals surface area (Å²) in [6.45, 7) is 0. The quantitative estimate of drug-likeness (QED) is 0.140. The van der Waals surface area contributed by atoms with Gasteiger partial charge in [0.25, 0.3) is 0 Å². The summed E-state index contributed by atoms with van der Waals surface area (Å²) in [5, 5.41) is 211. The van der Waals surface area contributed by atoms with Crippen LogP contribution in [0.5, 0.6) is 0 Å². The highest BCUT2D eigenvalue weighted by molar-refractivity contribution is 6.05. The normalized spacial score (nSPS) is 56.7. The molecule has 5 spiro atoms. The molecule has 3 heterocycles. The molecule has 15 N–H and O–H groups in total. The SMILES string of the molecule is O=C(O)C1=C2C=C3C(C(=O)O)CC4C5C=CCC6C7=C8C=CCC9=C8C8(O)c%10c%11c(c(C(=O)O)c%12c%10=C%10C%13(O)C8C7(O)C78OC7(C65)C5(O)C4(O)C3C3=C2C(=CC1)C1=C2C(C=C(O)C1)C14OC16CC(O)=CC1(OC16C%13C8C4C5(O)C32O)C%10(O)C(O)=C%12)=CC(C(=O)O)C=C9%11. The highest BCUT2D eigenvalue weighted by atomic mass is 16.7. The van der Waals surface area contributed by atoms with E-state index in [4.69, 9.17) is 14.2 Å². The number of epoxide rings is 3. The summed E-state index contributed by atoms with van der Waals surface area (Å²) in [6, 6.07) is 0. The molecule has 92 heavy (non-hydrogen) atoms. The van der Waals surface area contributed by atoms with Crippen LogP contribution in [-0.4, -0.2) is 173 Å². The number of carbonyl (C=O) groups is 4. The molecule has 1 aromatic carbocycles. The van der Waals surface area contributed by atoms with Gasteiger partial charge in [-0.1, -0.05) is 48.6 Å². The zero-order chi connectivity index (χ0) is 62.7. The predicted molar refractivity (Wildman–Crippen MR) is 301 cm³/mol. The van der Waals surface area contributed by atoms with Gasteiger partial charge in [0, 0.05) is 70.6 Å². The van der Waals surface area contributed by atoms with Crippen molar-refractivity contribution < 1.29 is 110 Å². The number of carboxylic acids is 4. The Labute approximate surface area is 514 Å². The highest BCUT2D eigenvalue weighted by Crippen LogP contribution is 3.02. The molecule has 0 radical (unpaired) electrons. The molecular formula is C70H50O22. The van der Waals surface area contributed by atoms with E-state index in [0.717, 1.165) is 6.08 Å². The van der Waals surface area contributed by atoms with Crippen LogP contribution in [0.2, 0.25) is 0 Å². The van der Waals surface area contributed by atoms with Crippen molar-refractivity contribution >= 4 is 47.2 Å². The lowest BCUT2D eigenvalue weighted by atomic mass is 9.17. The van der Waals surface area contributed by atoms with E-state index >= 15 is 35.7 Å². The van der Waals surface area contributed by atoms with Crippen LogP contribution in [0, 0.1) is 71.0 Å². The monoisotopic (exact) mass is 1240 g/mol. The predicted octanol–water partition coefficient (Wildman–Crippen LogP) is 0.0334. The van der Waals surface area contributed by atoms with Crippen LogP contribution in [0.25, 0.3) is 23.3 Å². The van der Waals surface area contributed by atoms with Crippen molar-refractivity contribution in [3.63, 3.8) is 0 Å². The third-order valence-corrected chi connectivity index (χ3v) is 30.1. The number of carboxylic acid groups (broad SMARTS) is 4. The van der Waals surface area contributed by atoms with Gasteiger partial charge >= 0.3 is 23.9 Å². The summed E-state index contributed by atoms with van der Waals surface area (Å²) in [5.41, 5.74) is -40.1. The standard InChI is InChI=1S/C70H50O22/c71-19-11-29-21-7-8-23(53(76)77)28-13-30-31(54(78)79)14-34-24-4-2-6-26-42-25-5-1-3-22-27-9-18(52(74)75)10-32-38(27)46-40-33(39(32)55(80)81)15-36(73)62(85)49(40)60(83)50-48-51-65(58(90-65)17-20(72)16-57(62)69(50,58)91-57)35(12-19)44(29)63(86)47(37(21)28)45(30)61(34,84)70(89,66(51,63)88)68(43(24)26)67(48,92-68)64(42,87)56(60)59(46,82)41(22)25/h1-2,4-5,7,9-10,12-13,15-16,18,24,26,31,34-35,43,45,48,50-51,56,71-73,82-89H,3,6,8,11,14,17H2,(H,74,75)(H,76,77)(H,78,79)(H,80,81). The van der Waals surface area contributed by atoms with E-state index < -0.39 is 209 Å². The molecule has 0 bridgehead atoms. The molecule has 22 nitrogen and oxygen atoms in total. The van der Waals surface area contributed by atoms with E-state index in [2.05, 4.69) is 0 Å². The smallest absolute Gasteiger partial charge is 0.336 e. The van der Waals surface area contributed by atoms with Crippen molar-refractivity contribution in [2.75, 3.05) is 0 Å². The molecule has 25 rings (SSSR count). The zero-order valence-electron chi connectivity index (χ0n) is 47.6. The average molecular weight is 1240 g/mol. The van der Waals surface area contributed by atoms with E-state index in [1.165, 1.54) is 30.4 Å². The summed E-state index contributed by atoms with van der Waals surface area (Å²) in [6.07, 6.45) is 14.9. The number of hydrogen-bond acceptors (Lipinski definition) is 18. The maximum atomic E-state index is 16.3. The van der Waals surface area contributed by atoms with Crippen molar-refractivity contribution in [3.8, 4) is 0 Å². The van der Waals surface area contributed by atoms with Gasteiger partial charge < -0.3 is 90.8 Å². The Morgan fingerprint density at radius 1 is 0.717 bits per heavy atom. The molecule has 3 saturated heterocycles. The van der Waals surface area contributed by atoms with Crippen LogP contribution in [0.15, 0.2) is 139 Å². The minimum Gasteiger partial charge on any atom is -0.512 e. The molecule has 26 unspecified atom stereocenters. The molecule has 12 fully saturated rings. The van der Waals surface area contributed by atoms with E-state index in [-0.39, 0.29) is 120 Å². The van der Waals surface area contributed by atoms with E-state index in [9.17, 15) is 60.0 Å². The molecule has 26 atom stereocenters. The van der Waals surface area contributed by atoms with E-state index in [0.29, 0.717) is 11.1 Å². The van der Waals surface area contributed by atoms with Crippen LogP contribution in [0.4, 0.5) is 0 Å². The van der Waals surface area contributed by atoms with Crippen LogP contribution < -0.4 is 10.4 Å². The molecule has 22 heteroatoms.